The fraction of sp³-hybridized carbons (Fsp3) is 0.120. The second kappa shape index (κ2) is 8.85. The van der Waals surface area contributed by atoms with Crippen molar-refractivity contribution < 1.29 is 14.5 Å². The number of nitro groups is 1. The summed E-state index contributed by atoms with van der Waals surface area (Å²) in [5.41, 5.74) is 3.36. The van der Waals surface area contributed by atoms with Crippen molar-refractivity contribution in [1.29, 1.82) is 0 Å². The average molecular weight is 427 g/mol. The Morgan fingerprint density at radius 3 is 2.09 bits per heavy atom. The van der Waals surface area contributed by atoms with Crippen molar-refractivity contribution in [1.82, 2.24) is 4.90 Å². The molecule has 1 aliphatic rings. The van der Waals surface area contributed by atoms with Gasteiger partial charge in [0.25, 0.3) is 17.5 Å². The number of nitrogens with zero attached hydrogens (tertiary/aromatic N) is 2. The van der Waals surface area contributed by atoms with Crippen LogP contribution in [0.1, 0.15) is 23.6 Å². The van der Waals surface area contributed by atoms with E-state index in [1.54, 1.807) is 0 Å². The lowest BCUT2D eigenvalue weighted by molar-refractivity contribution is -0.384. The van der Waals surface area contributed by atoms with Gasteiger partial charge in [-0.1, -0.05) is 49.4 Å². The molecule has 0 radical (unpaired) electrons. The minimum Gasteiger partial charge on any atom is -0.350 e. The molecule has 3 aromatic carbocycles. The van der Waals surface area contributed by atoms with E-state index >= 15 is 0 Å². The van der Waals surface area contributed by atoms with Crippen molar-refractivity contribution in [2.75, 3.05) is 5.32 Å². The number of nitro benzene ring substituents is 1. The molecule has 1 heterocycles. The molecule has 160 valence electrons. The van der Waals surface area contributed by atoms with Crippen LogP contribution in [-0.2, 0) is 22.6 Å². The van der Waals surface area contributed by atoms with Crippen LogP contribution in [0.25, 0.3) is 5.57 Å². The maximum atomic E-state index is 13.3. The van der Waals surface area contributed by atoms with Gasteiger partial charge in [0.1, 0.15) is 5.70 Å². The molecule has 7 nitrogen and oxygen atoms in total. The summed E-state index contributed by atoms with van der Waals surface area (Å²) in [6.07, 6.45) is 0.888. The van der Waals surface area contributed by atoms with E-state index in [-0.39, 0.29) is 23.5 Å². The number of non-ortho nitro benzene ring substituents is 1. The number of hydrogen-bond donors (Lipinski definition) is 1. The maximum absolute atomic E-state index is 13.3. The summed E-state index contributed by atoms with van der Waals surface area (Å²) >= 11 is 0. The number of aryl methyl sites for hydroxylation is 1. The SMILES string of the molecule is CCc1ccc(NC2=C(c3ccc([N+](=O)[O-])cc3)C(=O)N(Cc3ccccc3)C2=O)cc1. The number of benzene rings is 3. The number of amides is 2. The van der Waals surface area contributed by atoms with Gasteiger partial charge >= 0.3 is 0 Å². The predicted octanol–water partition coefficient (Wildman–Crippen LogP) is 4.55. The van der Waals surface area contributed by atoms with E-state index in [4.69, 9.17) is 0 Å². The van der Waals surface area contributed by atoms with E-state index < -0.39 is 16.7 Å². The summed E-state index contributed by atoms with van der Waals surface area (Å²) in [7, 11) is 0. The van der Waals surface area contributed by atoms with Gasteiger partial charge in [0.15, 0.2) is 0 Å². The Balaban J connectivity index is 1.73. The molecule has 7 heteroatoms. The third-order valence-electron chi connectivity index (χ3n) is 5.35. The van der Waals surface area contributed by atoms with Gasteiger partial charge in [-0.25, -0.2) is 0 Å². The molecule has 3 aromatic rings. The molecule has 1 aliphatic heterocycles. The molecular formula is C25H21N3O4. The molecule has 0 spiro atoms. The van der Waals surface area contributed by atoms with Crippen LogP contribution in [-0.4, -0.2) is 21.6 Å². The lowest BCUT2D eigenvalue weighted by atomic mass is 10.0. The second-order valence-corrected chi connectivity index (χ2v) is 7.41. The molecule has 1 N–H and O–H groups in total. The number of carbonyl (C=O) groups excluding carboxylic acids is 2. The van der Waals surface area contributed by atoms with Crippen LogP contribution in [0.5, 0.6) is 0 Å². The van der Waals surface area contributed by atoms with Crippen molar-refractivity contribution in [3.8, 4) is 0 Å². The molecule has 32 heavy (non-hydrogen) atoms. The van der Waals surface area contributed by atoms with E-state index in [0.29, 0.717) is 11.3 Å². The number of nitrogens with one attached hydrogen (secondary N) is 1. The lowest BCUT2D eigenvalue weighted by Gasteiger charge is -2.15. The molecule has 4 rings (SSSR count). The molecule has 0 fully saturated rings. The minimum atomic E-state index is -0.504. The fourth-order valence-corrected chi connectivity index (χ4v) is 3.59. The van der Waals surface area contributed by atoms with Gasteiger partial charge in [0.2, 0.25) is 0 Å². The Morgan fingerprint density at radius 1 is 0.844 bits per heavy atom. The van der Waals surface area contributed by atoms with Gasteiger partial charge in [-0.05, 0) is 47.4 Å². The second-order valence-electron chi connectivity index (χ2n) is 7.41. The summed E-state index contributed by atoms with van der Waals surface area (Å²) < 4.78 is 0. The smallest absolute Gasteiger partial charge is 0.278 e. The summed E-state index contributed by atoms with van der Waals surface area (Å²) in [5, 5.41) is 14.1. The Hall–Kier alpha value is -4.26. The summed E-state index contributed by atoms with van der Waals surface area (Å²) in [6, 6.07) is 22.5. The van der Waals surface area contributed by atoms with Gasteiger partial charge in [0.05, 0.1) is 17.0 Å². The number of imide groups is 1. The summed E-state index contributed by atoms with van der Waals surface area (Å²) in [6.45, 7) is 2.19. The normalized spacial score (nSPS) is 13.6. The monoisotopic (exact) mass is 427 g/mol. The van der Waals surface area contributed by atoms with E-state index in [9.17, 15) is 19.7 Å². The van der Waals surface area contributed by atoms with Gasteiger partial charge in [0, 0.05) is 17.8 Å². The van der Waals surface area contributed by atoms with E-state index in [0.717, 1.165) is 17.5 Å². The molecule has 0 unspecified atom stereocenters. The van der Waals surface area contributed by atoms with Crippen LogP contribution in [0.4, 0.5) is 11.4 Å². The Kier molecular flexibility index (Phi) is 5.81. The summed E-state index contributed by atoms with van der Waals surface area (Å²) in [4.78, 5) is 38.3. The van der Waals surface area contributed by atoms with Crippen LogP contribution < -0.4 is 5.32 Å². The maximum Gasteiger partial charge on any atom is 0.278 e. The quantitative estimate of drug-likeness (QED) is 0.339. The van der Waals surface area contributed by atoms with Gasteiger partial charge in [-0.15, -0.1) is 0 Å². The molecule has 2 amide bonds. The van der Waals surface area contributed by atoms with Crippen molar-refractivity contribution in [2.24, 2.45) is 0 Å². The zero-order valence-electron chi connectivity index (χ0n) is 17.4. The van der Waals surface area contributed by atoms with Crippen LogP contribution in [0.2, 0.25) is 0 Å². The van der Waals surface area contributed by atoms with E-state index in [2.05, 4.69) is 12.2 Å². The van der Waals surface area contributed by atoms with Crippen molar-refractivity contribution >= 4 is 28.8 Å². The topological polar surface area (TPSA) is 92.6 Å². The molecular weight excluding hydrogens is 406 g/mol. The Labute approximate surface area is 185 Å². The third-order valence-corrected chi connectivity index (χ3v) is 5.35. The molecule has 0 bridgehead atoms. The Bertz CT molecular complexity index is 1200. The van der Waals surface area contributed by atoms with Crippen LogP contribution in [0.3, 0.4) is 0 Å². The van der Waals surface area contributed by atoms with Crippen molar-refractivity contribution in [2.45, 2.75) is 19.9 Å². The first-order valence-corrected chi connectivity index (χ1v) is 10.2. The lowest BCUT2D eigenvalue weighted by Crippen LogP contribution is -2.31. The first-order valence-electron chi connectivity index (χ1n) is 10.2. The highest BCUT2D eigenvalue weighted by atomic mass is 16.6. The van der Waals surface area contributed by atoms with Crippen LogP contribution >= 0.6 is 0 Å². The molecule has 0 aliphatic carbocycles. The number of anilines is 1. The number of rotatable bonds is 7. The predicted molar refractivity (Wildman–Crippen MR) is 121 cm³/mol. The van der Waals surface area contributed by atoms with Gasteiger partial charge in [-0.2, -0.15) is 0 Å². The number of hydrogen-bond acceptors (Lipinski definition) is 5. The van der Waals surface area contributed by atoms with E-state index in [1.165, 1.54) is 29.2 Å². The first kappa shape index (κ1) is 21.0. The van der Waals surface area contributed by atoms with Crippen molar-refractivity contribution in [3.63, 3.8) is 0 Å². The van der Waals surface area contributed by atoms with E-state index in [1.807, 2.05) is 54.6 Å². The zero-order chi connectivity index (χ0) is 22.7. The van der Waals surface area contributed by atoms with Crippen LogP contribution in [0.15, 0.2) is 84.6 Å². The Morgan fingerprint density at radius 2 is 1.50 bits per heavy atom. The molecule has 0 aromatic heterocycles. The standard InChI is InChI=1S/C25H21N3O4/c1-2-17-8-12-20(13-9-17)26-23-22(19-10-14-21(15-11-19)28(31)32)24(29)27(25(23)30)16-18-6-4-3-5-7-18/h3-15,26H,2,16H2,1H3. The number of carbonyl (C=O) groups is 2. The van der Waals surface area contributed by atoms with Gasteiger partial charge < -0.3 is 5.32 Å². The third kappa shape index (κ3) is 4.13. The fourth-order valence-electron chi connectivity index (χ4n) is 3.59. The zero-order valence-corrected chi connectivity index (χ0v) is 17.4. The highest BCUT2D eigenvalue weighted by molar-refractivity contribution is 6.36. The molecule has 0 saturated carbocycles. The van der Waals surface area contributed by atoms with Crippen molar-refractivity contribution in [3.05, 3.63) is 111 Å². The molecule has 0 saturated heterocycles. The highest BCUT2D eigenvalue weighted by Gasteiger charge is 2.39. The average Bonchev–Trinajstić information content (AvgIpc) is 3.04. The minimum absolute atomic E-state index is 0.0862. The first-order chi connectivity index (χ1) is 15.5. The molecule has 0 atom stereocenters. The van der Waals surface area contributed by atoms with Gasteiger partial charge in [-0.3, -0.25) is 24.6 Å². The highest BCUT2D eigenvalue weighted by Crippen LogP contribution is 2.32. The summed E-state index contributed by atoms with van der Waals surface area (Å²) in [5.74, 6) is -0.882. The largest absolute Gasteiger partial charge is 0.350 e. The van der Waals surface area contributed by atoms with Crippen LogP contribution in [0, 0.1) is 10.1 Å².